The van der Waals surface area contributed by atoms with Crippen LogP contribution in [0.1, 0.15) is 43.6 Å². The second kappa shape index (κ2) is 6.90. The van der Waals surface area contributed by atoms with E-state index in [2.05, 4.69) is 5.32 Å². The summed E-state index contributed by atoms with van der Waals surface area (Å²) in [6.07, 6.45) is 5.98. The lowest BCUT2D eigenvalue weighted by molar-refractivity contribution is 0.357. The molecule has 0 aliphatic heterocycles. The van der Waals surface area contributed by atoms with E-state index in [0.717, 1.165) is 18.5 Å². The van der Waals surface area contributed by atoms with Crippen molar-refractivity contribution in [3.05, 3.63) is 29.6 Å². The van der Waals surface area contributed by atoms with Crippen molar-refractivity contribution in [1.82, 2.24) is 5.32 Å². The van der Waals surface area contributed by atoms with E-state index in [1.54, 1.807) is 6.07 Å². The van der Waals surface area contributed by atoms with Crippen molar-refractivity contribution in [2.24, 2.45) is 5.92 Å². The van der Waals surface area contributed by atoms with Crippen LogP contribution in [0.4, 0.5) is 4.39 Å². The van der Waals surface area contributed by atoms with Gasteiger partial charge in [0.05, 0.1) is 7.11 Å². The molecule has 1 aliphatic carbocycles. The zero-order valence-corrected chi connectivity index (χ0v) is 11.9. The van der Waals surface area contributed by atoms with Gasteiger partial charge in [0, 0.05) is 0 Å². The van der Waals surface area contributed by atoms with E-state index < -0.39 is 0 Å². The first-order valence-corrected chi connectivity index (χ1v) is 7.25. The maximum atomic E-state index is 14.5. The Morgan fingerprint density at radius 3 is 2.79 bits per heavy atom. The first kappa shape index (κ1) is 14.3. The number of nitrogens with one attached hydrogen (secondary N) is 1. The highest BCUT2D eigenvalue weighted by Crippen LogP contribution is 2.39. The Hall–Kier alpha value is -1.09. The van der Waals surface area contributed by atoms with E-state index in [4.69, 9.17) is 4.74 Å². The maximum Gasteiger partial charge on any atom is 0.168 e. The predicted octanol–water partition coefficient (Wildman–Crippen LogP) is 3.72. The van der Waals surface area contributed by atoms with Crippen molar-refractivity contribution in [3.63, 3.8) is 0 Å². The molecule has 1 N–H and O–H groups in total. The Morgan fingerprint density at radius 2 is 2.05 bits per heavy atom. The SMILES string of the molecule is CNCC1CCCCCC1c1cccc(OC)c1F. The summed E-state index contributed by atoms with van der Waals surface area (Å²) < 4.78 is 19.6. The molecule has 0 saturated heterocycles. The summed E-state index contributed by atoms with van der Waals surface area (Å²) in [6, 6.07) is 5.53. The predicted molar refractivity (Wildman–Crippen MR) is 76.2 cm³/mol. The molecular weight excluding hydrogens is 241 g/mol. The molecule has 2 unspecified atom stereocenters. The summed E-state index contributed by atoms with van der Waals surface area (Å²) >= 11 is 0. The molecule has 0 amide bonds. The van der Waals surface area contributed by atoms with Gasteiger partial charge in [-0.05, 0) is 49.9 Å². The minimum atomic E-state index is -0.169. The molecule has 1 aromatic carbocycles. The molecule has 1 saturated carbocycles. The van der Waals surface area contributed by atoms with Gasteiger partial charge in [-0.25, -0.2) is 4.39 Å². The van der Waals surface area contributed by atoms with Gasteiger partial charge in [0.2, 0.25) is 0 Å². The molecule has 3 heteroatoms. The van der Waals surface area contributed by atoms with Crippen molar-refractivity contribution in [3.8, 4) is 5.75 Å². The second-order valence-corrected chi connectivity index (χ2v) is 5.43. The lowest BCUT2D eigenvalue weighted by atomic mass is 9.82. The zero-order valence-electron chi connectivity index (χ0n) is 11.9. The molecule has 2 atom stereocenters. The average Bonchev–Trinajstić information content (AvgIpc) is 2.65. The molecule has 106 valence electrons. The van der Waals surface area contributed by atoms with Crippen molar-refractivity contribution in [2.45, 2.75) is 38.0 Å². The van der Waals surface area contributed by atoms with Crippen LogP contribution < -0.4 is 10.1 Å². The van der Waals surface area contributed by atoms with Gasteiger partial charge in [-0.15, -0.1) is 0 Å². The van der Waals surface area contributed by atoms with E-state index in [-0.39, 0.29) is 5.82 Å². The Bertz CT molecular complexity index is 408. The zero-order chi connectivity index (χ0) is 13.7. The normalized spacial score (nSPS) is 23.9. The van der Waals surface area contributed by atoms with Crippen LogP contribution >= 0.6 is 0 Å². The largest absolute Gasteiger partial charge is 0.494 e. The smallest absolute Gasteiger partial charge is 0.168 e. The van der Waals surface area contributed by atoms with Crippen molar-refractivity contribution >= 4 is 0 Å². The lowest BCUT2D eigenvalue weighted by Gasteiger charge is -2.26. The number of hydrogen-bond acceptors (Lipinski definition) is 2. The lowest BCUT2D eigenvalue weighted by Crippen LogP contribution is -2.24. The first-order valence-electron chi connectivity index (χ1n) is 7.25. The topological polar surface area (TPSA) is 21.3 Å². The van der Waals surface area contributed by atoms with Gasteiger partial charge in [0.15, 0.2) is 11.6 Å². The molecule has 2 nitrogen and oxygen atoms in total. The summed E-state index contributed by atoms with van der Waals surface area (Å²) in [7, 11) is 3.50. The van der Waals surface area contributed by atoms with Gasteiger partial charge in [0.25, 0.3) is 0 Å². The van der Waals surface area contributed by atoms with Crippen LogP contribution in [0.2, 0.25) is 0 Å². The standard InChI is InChI=1S/C16H24FNO/c1-18-11-12-7-4-3-5-8-13(12)14-9-6-10-15(19-2)16(14)17/h6,9-10,12-13,18H,3-5,7-8,11H2,1-2H3. The molecular formula is C16H24FNO. The molecule has 1 aliphatic rings. The van der Waals surface area contributed by atoms with Crippen molar-refractivity contribution in [1.29, 1.82) is 0 Å². The highest BCUT2D eigenvalue weighted by molar-refractivity contribution is 5.33. The van der Waals surface area contributed by atoms with Crippen LogP contribution in [-0.4, -0.2) is 20.7 Å². The monoisotopic (exact) mass is 265 g/mol. The summed E-state index contributed by atoms with van der Waals surface area (Å²) in [4.78, 5) is 0. The Labute approximate surface area is 115 Å². The molecule has 1 fully saturated rings. The number of methoxy groups -OCH3 is 1. The van der Waals surface area contributed by atoms with E-state index in [1.807, 2.05) is 19.2 Å². The number of hydrogen-bond donors (Lipinski definition) is 1. The minimum absolute atomic E-state index is 0.169. The number of ether oxygens (including phenoxy) is 1. The maximum absolute atomic E-state index is 14.5. The van der Waals surface area contributed by atoms with Gasteiger partial charge in [-0.2, -0.15) is 0 Å². The van der Waals surface area contributed by atoms with Crippen LogP contribution in [0.3, 0.4) is 0 Å². The van der Waals surface area contributed by atoms with E-state index in [0.29, 0.717) is 17.6 Å². The van der Waals surface area contributed by atoms with Crippen LogP contribution in [0, 0.1) is 11.7 Å². The Kier molecular flexibility index (Phi) is 5.20. The molecule has 1 aromatic rings. The van der Waals surface area contributed by atoms with E-state index in [9.17, 15) is 4.39 Å². The van der Waals surface area contributed by atoms with Crippen LogP contribution in [0.15, 0.2) is 18.2 Å². The number of halogens is 1. The quantitative estimate of drug-likeness (QED) is 0.838. The van der Waals surface area contributed by atoms with E-state index in [1.165, 1.54) is 32.8 Å². The fourth-order valence-corrected chi connectivity index (χ4v) is 3.27. The molecule has 0 radical (unpaired) electrons. The van der Waals surface area contributed by atoms with Gasteiger partial charge >= 0.3 is 0 Å². The third-order valence-corrected chi connectivity index (χ3v) is 4.24. The Morgan fingerprint density at radius 1 is 1.26 bits per heavy atom. The second-order valence-electron chi connectivity index (χ2n) is 5.43. The molecule has 0 aromatic heterocycles. The first-order chi connectivity index (χ1) is 9.27. The van der Waals surface area contributed by atoms with Gasteiger partial charge in [-0.1, -0.05) is 31.4 Å². The van der Waals surface area contributed by atoms with E-state index >= 15 is 0 Å². The minimum Gasteiger partial charge on any atom is -0.494 e. The summed E-state index contributed by atoms with van der Waals surface area (Å²) in [6.45, 7) is 0.960. The van der Waals surface area contributed by atoms with Crippen molar-refractivity contribution in [2.75, 3.05) is 20.7 Å². The third-order valence-electron chi connectivity index (χ3n) is 4.24. The highest BCUT2D eigenvalue weighted by atomic mass is 19.1. The molecule has 0 bridgehead atoms. The van der Waals surface area contributed by atoms with Crippen molar-refractivity contribution < 1.29 is 9.13 Å². The highest BCUT2D eigenvalue weighted by Gasteiger charge is 2.27. The van der Waals surface area contributed by atoms with Crippen LogP contribution in [0.5, 0.6) is 5.75 Å². The van der Waals surface area contributed by atoms with Gasteiger partial charge < -0.3 is 10.1 Å². The molecule has 0 heterocycles. The Balaban J connectivity index is 2.30. The van der Waals surface area contributed by atoms with Crippen LogP contribution in [-0.2, 0) is 0 Å². The third kappa shape index (κ3) is 3.27. The van der Waals surface area contributed by atoms with Gasteiger partial charge in [0.1, 0.15) is 0 Å². The molecule has 0 spiro atoms. The summed E-state index contributed by atoms with van der Waals surface area (Å²) in [5, 5.41) is 3.26. The molecule has 19 heavy (non-hydrogen) atoms. The average molecular weight is 265 g/mol. The fraction of sp³-hybridized carbons (Fsp3) is 0.625. The summed E-state index contributed by atoms with van der Waals surface area (Å²) in [5.74, 6) is 1.03. The summed E-state index contributed by atoms with van der Waals surface area (Å²) in [5.41, 5.74) is 0.835. The molecule has 2 rings (SSSR count). The van der Waals surface area contributed by atoms with Crippen LogP contribution in [0.25, 0.3) is 0 Å². The van der Waals surface area contributed by atoms with Gasteiger partial charge in [-0.3, -0.25) is 0 Å². The number of rotatable bonds is 4. The number of benzene rings is 1. The fourth-order valence-electron chi connectivity index (χ4n) is 3.27.